The van der Waals surface area contributed by atoms with Crippen molar-refractivity contribution in [1.82, 2.24) is 15.1 Å². The summed E-state index contributed by atoms with van der Waals surface area (Å²) in [5.74, 6) is -0.404. The molecule has 0 saturated heterocycles. The number of rotatable bonds is 2. The maximum atomic E-state index is 13.1. The third-order valence-electron chi connectivity index (χ3n) is 3.59. The van der Waals surface area contributed by atoms with Crippen molar-refractivity contribution >= 4 is 23.2 Å². The third-order valence-corrected chi connectivity index (χ3v) is 3.99. The van der Waals surface area contributed by atoms with Gasteiger partial charge in [-0.3, -0.25) is 4.79 Å². The van der Waals surface area contributed by atoms with E-state index in [0.29, 0.717) is 10.7 Å². The van der Waals surface area contributed by atoms with E-state index in [2.05, 4.69) is 5.32 Å². The Morgan fingerprint density at radius 1 is 1.33 bits per heavy atom. The predicted molar refractivity (Wildman–Crippen MR) is 84.0 cm³/mol. The molecule has 0 bridgehead atoms. The minimum atomic E-state index is -0.371. The molecular weight excluding hydrogens is 289 g/mol. The number of hydrogen-bond donors (Lipinski definition) is 1. The number of halogens is 1. The Hall–Kier alpha value is -1.95. The van der Waals surface area contributed by atoms with E-state index in [1.165, 1.54) is 17.0 Å². The van der Waals surface area contributed by atoms with Gasteiger partial charge in [-0.2, -0.15) is 0 Å². The van der Waals surface area contributed by atoms with Gasteiger partial charge in [0.05, 0.1) is 11.6 Å². The van der Waals surface area contributed by atoms with Crippen LogP contribution in [0.2, 0.25) is 0 Å². The number of amides is 1. The van der Waals surface area contributed by atoms with Crippen LogP contribution in [0.15, 0.2) is 35.5 Å². The number of carbonyl (C=O) groups is 1. The lowest BCUT2D eigenvalue weighted by Crippen LogP contribution is -2.47. The molecular formula is C15H18FN3OS. The van der Waals surface area contributed by atoms with Crippen molar-refractivity contribution in [2.75, 3.05) is 21.1 Å². The first kappa shape index (κ1) is 15.4. The minimum Gasteiger partial charge on any atom is -0.351 e. The van der Waals surface area contributed by atoms with E-state index in [0.717, 1.165) is 11.3 Å². The first-order valence-electron chi connectivity index (χ1n) is 6.55. The SMILES string of the molecule is CC1=C(C(=O)N(C)C)C(c2ccc(F)cc2)NC(=S)N1C. The molecule has 1 N–H and O–H groups in total. The van der Waals surface area contributed by atoms with Crippen LogP contribution in [-0.2, 0) is 4.79 Å². The molecule has 0 spiro atoms. The fourth-order valence-corrected chi connectivity index (χ4v) is 2.51. The summed E-state index contributed by atoms with van der Waals surface area (Å²) in [5, 5.41) is 3.69. The van der Waals surface area contributed by atoms with E-state index in [1.54, 1.807) is 31.1 Å². The molecule has 21 heavy (non-hydrogen) atoms. The van der Waals surface area contributed by atoms with Gasteiger partial charge in [-0.05, 0) is 36.8 Å². The third kappa shape index (κ3) is 2.90. The van der Waals surface area contributed by atoms with Gasteiger partial charge in [0.1, 0.15) is 5.82 Å². The number of carbonyl (C=O) groups excluding carboxylic acids is 1. The van der Waals surface area contributed by atoms with Crippen molar-refractivity contribution in [3.8, 4) is 0 Å². The molecule has 0 fully saturated rings. The van der Waals surface area contributed by atoms with Crippen molar-refractivity contribution in [3.05, 3.63) is 46.9 Å². The van der Waals surface area contributed by atoms with Gasteiger partial charge in [-0.1, -0.05) is 12.1 Å². The second kappa shape index (κ2) is 5.81. The second-order valence-electron chi connectivity index (χ2n) is 5.19. The number of likely N-dealkylation sites (N-methyl/N-ethyl adjacent to an activating group) is 1. The van der Waals surface area contributed by atoms with Gasteiger partial charge in [0.25, 0.3) is 5.91 Å². The van der Waals surface area contributed by atoms with Gasteiger partial charge in [0, 0.05) is 26.8 Å². The molecule has 0 radical (unpaired) electrons. The van der Waals surface area contributed by atoms with Crippen LogP contribution in [0.3, 0.4) is 0 Å². The van der Waals surface area contributed by atoms with Crippen LogP contribution in [0.4, 0.5) is 4.39 Å². The molecule has 1 aliphatic rings. The molecule has 1 aliphatic heterocycles. The molecule has 1 aromatic rings. The molecule has 1 heterocycles. The molecule has 0 saturated carbocycles. The highest BCUT2D eigenvalue weighted by atomic mass is 32.1. The van der Waals surface area contributed by atoms with Gasteiger partial charge in [-0.15, -0.1) is 0 Å². The number of nitrogens with zero attached hydrogens (tertiary/aromatic N) is 2. The highest BCUT2D eigenvalue weighted by Gasteiger charge is 2.33. The predicted octanol–water partition coefficient (Wildman–Crippen LogP) is 2.05. The molecule has 0 aliphatic carbocycles. The number of nitrogens with one attached hydrogen (secondary N) is 1. The van der Waals surface area contributed by atoms with E-state index >= 15 is 0 Å². The summed E-state index contributed by atoms with van der Waals surface area (Å²) in [4.78, 5) is 15.8. The molecule has 4 nitrogen and oxygen atoms in total. The fourth-order valence-electron chi connectivity index (χ4n) is 2.26. The lowest BCUT2D eigenvalue weighted by Gasteiger charge is -2.36. The summed E-state index contributed by atoms with van der Waals surface area (Å²) < 4.78 is 13.1. The van der Waals surface area contributed by atoms with Crippen molar-refractivity contribution in [1.29, 1.82) is 0 Å². The molecule has 1 amide bonds. The molecule has 1 unspecified atom stereocenters. The van der Waals surface area contributed by atoms with Crippen molar-refractivity contribution < 1.29 is 9.18 Å². The Labute approximate surface area is 129 Å². The van der Waals surface area contributed by atoms with Crippen LogP contribution in [0.25, 0.3) is 0 Å². The zero-order valence-electron chi connectivity index (χ0n) is 12.5. The summed E-state index contributed by atoms with van der Waals surface area (Å²) in [7, 11) is 5.23. The van der Waals surface area contributed by atoms with Gasteiger partial charge in [0.15, 0.2) is 5.11 Å². The average Bonchev–Trinajstić information content (AvgIpc) is 2.44. The van der Waals surface area contributed by atoms with Crippen molar-refractivity contribution in [2.45, 2.75) is 13.0 Å². The maximum absolute atomic E-state index is 13.1. The van der Waals surface area contributed by atoms with E-state index in [1.807, 2.05) is 14.0 Å². The van der Waals surface area contributed by atoms with Gasteiger partial charge >= 0.3 is 0 Å². The van der Waals surface area contributed by atoms with Crippen LogP contribution in [0.1, 0.15) is 18.5 Å². The van der Waals surface area contributed by atoms with Gasteiger partial charge < -0.3 is 15.1 Å². The molecule has 112 valence electrons. The van der Waals surface area contributed by atoms with Crippen LogP contribution in [0.5, 0.6) is 0 Å². The maximum Gasteiger partial charge on any atom is 0.253 e. The minimum absolute atomic E-state index is 0.0938. The normalized spacial score (nSPS) is 18.6. The quantitative estimate of drug-likeness (QED) is 0.848. The second-order valence-corrected chi connectivity index (χ2v) is 5.58. The lowest BCUT2D eigenvalue weighted by atomic mass is 9.94. The Kier molecular flexibility index (Phi) is 4.27. The van der Waals surface area contributed by atoms with Crippen molar-refractivity contribution in [2.24, 2.45) is 0 Å². The smallest absolute Gasteiger partial charge is 0.253 e. The van der Waals surface area contributed by atoms with E-state index < -0.39 is 0 Å². The van der Waals surface area contributed by atoms with Crippen LogP contribution >= 0.6 is 12.2 Å². The average molecular weight is 307 g/mol. The van der Waals surface area contributed by atoms with Gasteiger partial charge in [-0.25, -0.2) is 4.39 Å². The van der Waals surface area contributed by atoms with Crippen molar-refractivity contribution in [3.63, 3.8) is 0 Å². The molecule has 1 aromatic carbocycles. The fraction of sp³-hybridized carbons (Fsp3) is 0.333. The first-order valence-corrected chi connectivity index (χ1v) is 6.96. The highest BCUT2D eigenvalue weighted by Crippen LogP contribution is 2.30. The van der Waals surface area contributed by atoms with Crippen LogP contribution in [-0.4, -0.2) is 42.0 Å². The zero-order valence-corrected chi connectivity index (χ0v) is 13.3. The summed E-state index contributed by atoms with van der Waals surface area (Å²) in [5.41, 5.74) is 2.21. The Morgan fingerprint density at radius 3 is 2.43 bits per heavy atom. The van der Waals surface area contributed by atoms with E-state index in [9.17, 15) is 9.18 Å². The Balaban J connectivity index is 2.53. The van der Waals surface area contributed by atoms with Crippen LogP contribution in [0, 0.1) is 5.82 Å². The van der Waals surface area contributed by atoms with E-state index in [4.69, 9.17) is 12.2 Å². The first-order chi connectivity index (χ1) is 9.82. The van der Waals surface area contributed by atoms with E-state index in [-0.39, 0.29) is 17.8 Å². The topological polar surface area (TPSA) is 35.6 Å². The molecule has 1 atom stereocenters. The monoisotopic (exact) mass is 307 g/mol. The summed E-state index contributed by atoms with van der Waals surface area (Å²) in [6, 6.07) is 5.72. The summed E-state index contributed by atoms with van der Waals surface area (Å²) >= 11 is 5.30. The zero-order chi connectivity index (χ0) is 15.7. The Bertz CT molecular complexity index is 610. The Morgan fingerprint density at radius 2 is 1.90 bits per heavy atom. The standard InChI is InChI=1S/C15H18FN3OS/c1-9-12(14(20)18(2)3)13(17-15(21)19(9)4)10-5-7-11(16)8-6-10/h5-8,13H,1-4H3,(H,17,21). The molecule has 6 heteroatoms. The summed E-state index contributed by atoms with van der Waals surface area (Å²) in [6.45, 7) is 1.86. The van der Waals surface area contributed by atoms with Gasteiger partial charge in [0.2, 0.25) is 0 Å². The number of thiocarbonyl (C=S) groups is 1. The summed E-state index contributed by atoms with van der Waals surface area (Å²) in [6.07, 6.45) is 0. The highest BCUT2D eigenvalue weighted by molar-refractivity contribution is 7.80. The number of hydrogen-bond acceptors (Lipinski definition) is 2. The largest absolute Gasteiger partial charge is 0.351 e. The number of allylic oxidation sites excluding steroid dienone is 1. The molecule has 0 aromatic heterocycles. The number of benzene rings is 1. The lowest BCUT2D eigenvalue weighted by molar-refractivity contribution is -0.125. The molecule has 2 rings (SSSR count). The van der Waals surface area contributed by atoms with Crippen LogP contribution < -0.4 is 5.32 Å².